The van der Waals surface area contributed by atoms with Crippen LogP contribution in [0.25, 0.3) is 0 Å². The minimum Gasteiger partial charge on any atom is -0.296 e. The molecule has 1 aromatic rings. The van der Waals surface area contributed by atoms with Crippen LogP contribution in [0.1, 0.15) is 50.5 Å². The first-order chi connectivity index (χ1) is 10.00. The molecule has 3 unspecified atom stereocenters. The third kappa shape index (κ3) is 2.78. The van der Waals surface area contributed by atoms with Crippen LogP contribution in [-0.4, -0.2) is 11.8 Å². The summed E-state index contributed by atoms with van der Waals surface area (Å²) in [6.45, 7) is 2.23. The number of imide groups is 1. The highest BCUT2D eigenvalue weighted by molar-refractivity contribution is 9.10. The first-order valence-corrected chi connectivity index (χ1v) is 8.39. The maximum atomic E-state index is 12.5. The normalized spacial score (nSPS) is 33.0. The van der Waals surface area contributed by atoms with Gasteiger partial charge in [-0.3, -0.25) is 14.9 Å². The van der Waals surface area contributed by atoms with Gasteiger partial charge >= 0.3 is 0 Å². The molecule has 3 rings (SSSR count). The summed E-state index contributed by atoms with van der Waals surface area (Å²) >= 11 is 3.49. The summed E-state index contributed by atoms with van der Waals surface area (Å²) in [6.07, 6.45) is 4.70. The van der Waals surface area contributed by atoms with E-state index in [2.05, 4.69) is 28.2 Å². The molecular formula is C17H20BrNO2. The minimum absolute atomic E-state index is 0.111. The van der Waals surface area contributed by atoms with Crippen molar-refractivity contribution in [1.82, 2.24) is 5.32 Å². The van der Waals surface area contributed by atoms with E-state index in [0.29, 0.717) is 12.3 Å². The number of amides is 2. The van der Waals surface area contributed by atoms with Crippen molar-refractivity contribution < 1.29 is 9.59 Å². The third-order valence-electron chi connectivity index (χ3n) is 4.96. The highest BCUT2D eigenvalue weighted by atomic mass is 79.9. The van der Waals surface area contributed by atoms with Crippen molar-refractivity contribution in [2.24, 2.45) is 11.3 Å². The molecule has 2 aliphatic rings. The van der Waals surface area contributed by atoms with Gasteiger partial charge in [0.05, 0.1) is 5.92 Å². The van der Waals surface area contributed by atoms with Crippen molar-refractivity contribution in [2.45, 2.75) is 44.9 Å². The Balaban J connectivity index is 2.04. The molecule has 4 heteroatoms. The lowest BCUT2D eigenvalue weighted by molar-refractivity contribution is -0.142. The molecule has 1 aliphatic carbocycles. The summed E-state index contributed by atoms with van der Waals surface area (Å²) in [6, 6.07) is 7.95. The van der Waals surface area contributed by atoms with Crippen LogP contribution in [0.5, 0.6) is 0 Å². The number of halogens is 1. The van der Waals surface area contributed by atoms with E-state index in [1.807, 2.05) is 24.3 Å². The summed E-state index contributed by atoms with van der Waals surface area (Å²) < 4.78 is 0.976. The zero-order chi connectivity index (χ0) is 15.0. The number of hydrogen-bond donors (Lipinski definition) is 1. The average molecular weight is 350 g/mol. The Morgan fingerprint density at radius 3 is 2.86 bits per heavy atom. The van der Waals surface area contributed by atoms with Crippen molar-refractivity contribution in [3.05, 3.63) is 34.3 Å². The Kier molecular flexibility index (Phi) is 3.91. The fourth-order valence-corrected chi connectivity index (χ4v) is 4.69. The molecule has 0 aromatic heterocycles. The number of carbonyl (C=O) groups is 2. The fourth-order valence-electron chi connectivity index (χ4n) is 4.27. The first kappa shape index (κ1) is 14.8. The third-order valence-corrected chi connectivity index (χ3v) is 5.45. The van der Waals surface area contributed by atoms with Gasteiger partial charge in [0.2, 0.25) is 11.8 Å². The van der Waals surface area contributed by atoms with Gasteiger partial charge in [0.25, 0.3) is 0 Å². The molecule has 1 aromatic carbocycles. The summed E-state index contributed by atoms with van der Waals surface area (Å²) in [4.78, 5) is 24.5. The van der Waals surface area contributed by atoms with Crippen LogP contribution < -0.4 is 5.32 Å². The van der Waals surface area contributed by atoms with Crippen LogP contribution >= 0.6 is 15.9 Å². The van der Waals surface area contributed by atoms with Crippen molar-refractivity contribution >= 4 is 27.7 Å². The van der Waals surface area contributed by atoms with E-state index < -0.39 is 0 Å². The summed E-state index contributed by atoms with van der Waals surface area (Å²) in [5.74, 6) is 0.126. The number of piperidine rings is 1. The Hall–Kier alpha value is -1.16. The highest BCUT2D eigenvalue weighted by Gasteiger charge is 2.50. The van der Waals surface area contributed by atoms with Crippen molar-refractivity contribution in [3.8, 4) is 0 Å². The van der Waals surface area contributed by atoms with E-state index >= 15 is 0 Å². The van der Waals surface area contributed by atoms with Crippen molar-refractivity contribution in [1.29, 1.82) is 0 Å². The number of carbonyl (C=O) groups excluding carboxylic acids is 2. The monoisotopic (exact) mass is 349 g/mol. The molecule has 1 saturated carbocycles. The van der Waals surface area contributed by atoms with E-state index in [9.17, 15) is 9.59 Å². The Morgan fingerprint density at radius 2 is 2.14 bits per heavy atom. The zero-order valence-electron chi connectivity index (χ0n) is 12.2. The van der Waals surface area contributed by atoms with Crippen LogP contribution in [0.4, 0.5) is 0 Å². The second kappa shape index (κ2) is 5.56. The number of rotatable bonds is 1. The number of hydrogen-bond acceptors (Lipinski definition) is 2. The molecule has 112 valence electrons. The topological polar surface area (TPSA) is 46.2 Å². The van der Waals surface area contributed by atoms with Gasteiger partial charge < -0.3 is 0 Å². The van der Waals surface area contributed by atoms with Gasteiger partial charge in [-0.15, -0.1) is 0 Å². The maximum absolute atomic E-state index is 12.5. The summed E-state index contributed by atoms with van der Waals surface area (Å²) in [5.41, 5.74) is 0.821. The van der Waals surface area contributed by atoms with E-state index in [1.54, 1.807) is 0 Å². The molecule has 1 N–H and O–H groups in total. The van der Waals surface area contributed by atoms with Crippen LogP contribution in [0, 0.1) is 11.3 Å². The van der Waals surface area contributed by atoms with Crippen LogP contribution in [0.15, 0.2) is 28.7 Å². The smallest absolute Gasteiger partial charge is 0.234 e. The second-order valence-corrected chi connectivity index (χ2v) is 7.56. The lowest BCUT2D eigenvalue weighted by Gasteiger charge is -2.47. The Labute approximate surface area is 133 Å². The molecule has 3 nitrogen and oxygen atoms in total. The molecule has 2 amide bonds. The van der Waals surface area contributed by atoms with Gasteiger partial charge in [0.1, 0.15) is 0 Å². The van der Waals surface area contributed by atoms with Gasteiger partial charge in [0.15, 0.2) is 0 Å². The zero-order valence-corrected chi connectivity index (χ0v) is 13.8. The fraction of sp³-hybridized carbons (Fsp3) is 0.529. The summed E-state index contributed by atoms with van der Waals surface area (Å²) in [5, 5.41) is 2.54. The lowest BCUT2D eigenvalue weighted by Crippen LogP contribution is -2.52. The van der Waals surface area contributed by atoms with Crippen LogP contribution in [-0.2, 0) is 9.59 Å². The predicted molar refractivity (Wildman–Crippen MR) is 84.7 cm³/mol. The Morgan fingerprint density at radius 1 is 1.33 bits per heavy atom. The van der Waals surface area contributed by atoms with Gasteiger partial charge in [-0.1, -0.05) is 47.8 Å². The minimum atomic E-state index is -0.213. The van der Waals surface area contributed by atoms with Crippen molar-refractivity contribution in [2.75, 3.05) is 0 Å². The quantitative estimate of drug-likeness (QED) is 0.784. The van der Waals surface area contributed by atoms with E-state index in [1.165, 1.54) is 6.42 Å². The molecule has 1 heterocycles. The Bertz CT molecular complexity index is 586. The molecule has 0 radical (unpaired) electrons. The molecule has 1 saturated heterocycles. The van der Waals surface area contributed by atoms with Crippen LogP contribution in [0.2, 0.25) is 0 Å². The van der Waals surface area contributed by atoms with Crippen LogP contribution in [0.3, 0.4) is 0 Å². The molecular weight excluding hydrogens is 330 g/mol. The van der Waals surface area contributed by atoms with Gasteiger partial charge in [-0.05, 0) is 41.9 Å². The first-order valence-electron chi connectivity index (χ1n) is 7.59. The molecule has 21 heavy (non-hydrogen) atoms. The number of nitrogens with one attached hydrogen (secondary N) is 1. The SMILES string of the molecule is CC1CCCC2(CC(=O)NC(=O)C2c2cccc(Br)c2)C1. The summed E-state index contributed by atoms with van der Waals surface area (Å²) in [7, 11) is 0. The molecule has 2 fully saturated rings. The number of benzene rings is 1. The van der Waals surface area contributed by atoms with E-state index in [4.69, 9.17) is 0 Å². The molecule has 1 spiro atoms. The molecule has 3 atom stereocenters. The predicted octanol–water partition coefficient (Wildman–Crippen LogP) is 3.78. The average Bonchev–Trinajstić information content (AvgIpc) is 2.37. The lowest BCUT2D eigenvalue weighted by atomic mass is 9.58. The van der Waals surface area contributed by atoms with Gasteiger partial charge in [-0.25, -0.2) is 0 Å². The maximum Gasteiger partial charge on any atom is 0.234 e. The largest absolute Gasteiger partial charge is 0.296 e. The van der Waals surface area contributed by atoms with E-state index in [-0.39, 0.29) is 23.1 Å². The van der Waals surface area contributed by atoms with Crippen molar-refractivity contribution in [3.63, 3.8) is 0 Å². The van der Waals surface area contributed by atoms with E-state index in [0.717, 1.165) is 29.3 Å². The highest BCUT2D eigenvalue weighted by Crippen LogP contribution is 2.53. The molecule has 0 bridgehead atoms. The standard InChI is InChI=1S/C17H20BrNO2/c1-11-4-3-7-17(9-11)10-14(20)19-16(21)15(17)12-5-2-6-13(18)8-12/h2,5-6,8,11,15H,3-4,7,9-10H2,1H3,(H,19,20,21). The second-order valence-electron chi connectivity index (χ2n) is 6.64. The molecule has 1 aliphatic heterocycles. The van der Waals surface area contributed by atoms with Gasteiger partial charge in [0, 0.05) is 10.9 Å². The van der Waals surface area contributed by atoms with Gasteiger partial charge in [-0.2, -0.15) is 0 Å².